The number of anilines is 2. The lowest BCUT2D eigenvalue weighted by Crippen LogP contribution is -2.51. The molecule has 1 N–H and O–H groups in total. The third-order valence-corrected chi connectivity index (χ3v) is 6.32. The average molecular weight is 441 g/mol. The molecule has 0 atom stereocenters. The number of halogens is 1. The van der Waals surface area contributed by atoms with E-state index in [9.17, 15) is 9.59 Å². The molecule has 2 saturated heterocycles. The second-order valence-corrected chi connectivity index (χ2v) is 8.68. The quantitative estimate of drug-likeness (QED) is 0.774. The normalized spacial score (nSPS) is 16.5. The molecule has 4 rings (SSSR count). The van der Waals surface area contributed by atoms with E-state index in [1.54, 1.807) is 0 Å². The second-order valence-electron chi connectivity index (χ2n) is 8.24. The third-order valence-electron chi connectivity index (χ3n) is 6.07. The van der Waals surface area contributed by atoms with Crippen molar-refractivity contribution >= 4 is 34.8 Å². The van der Waals surface area contributed by atoms with E-state index in [2.05, 4.69) is 15.1 Å². The van der Waals surface area contributed by atoms with Gasteiger partial charge in [0.1, 0.15) is 0 Å². The van der Waals surface area contributed by atoms with Crippen molar-refractivity contribution in [1.29, 1.82) is 0 Å². The van der Waals surface area contributed by atoms with Crippen molar-refractivity contribution in [2.24, 2.45) is 0 Å². The number of piperazine rings is 1. The van der Waals surface area contributed by atoms with E-state index in [-0.39, 0.29) is 18.4 Å². The van der Waals surface area contributed by atoms with Gasteiger partial charge in [-0.3, -0.25) is 9.59 Å². The Hall–Kier alpha value is -2.73. The molecule has 0 radical (unpaired) electrons. The average Bonchev–Trinajstić information content (AvgIpc) is 3.32. The number of benzene rings is 2. The lowest BCUT2D eigenvalue weighted by atomic mass is 10.1. The largest absolute Gasteiger partial charge is 0.371 e. The summed E-state index contributed by atoms with van der Waals surface area (Å²) in [6, 6.07) is 13.7. The zero-order valence-corrected chi connectivity index (χ0v) is 18.7. The highest BCUT2D eigenvalue weighted by Crippen LogP contribution is 2.26. The molecule has 6 nitrogen and oxygen atoms in total. The Morgan fingerprint density at radius 3 is 2.26 bits per heavy atom. The molecular weight excluding hydrogens is 412 g/mol. The first-order chi connectivity index (χ1) is 15.0. The molecule has 2 heterocycles. The van der Waals surface area contributed by atoms with Gasteiger partial charge in [-0.2, -0.15) is 0 Å². The molecule has 2 fully saturated rings. The number of nitrogens with zero attached hydrogens (tertiary/aromatic N) is 3. The summed E-state index contributed by atoms with van der Waals surface area (Å²) in [6.45, 7) is 6.75. The molecule has 2 aromatic carbocycles. The number of carbonyl (C=O) groups excluding carboxylic acids is 2. The summed E-state index contributed by atoms with van der Waals surface area (Å²) in [4.78, 5) is 31.9. The van der Waals surface area contributed by atoms with E-state index in [1.165, 1.54) is 0 Å². The van der Waals surface area contributed by atoms with Crippen LogP contribution in [0.5, 0.6) is 0 Å². The van der Waals surface area contributed by atoms with Crippen LogP contribution in [-0.4, -0.2) is 62.5 Å². The monoisotopic (exact) mass is 440 g/mol. The lowest BCUT2D eigenvalue weighted by molar-refractivity contribution is -0.130. The van der Waals surface area contributed by atoms with Crippen LogP contribution in [-0.2, 0) is 4.79 Å². The molecule has 31 heavy (non-hydrogen) atoms. The van der Waals surface area contributed by atoms with Gasteiger partial charge >= 0.3 is 0 Å². The molecule has 2 aromatic rings. The van der Waals surface area contributed by atoms with Gasteiger partial charge in [0.15, 0.2) is 0 Å². The van der Waals surface area contributed by atoms with Gasteiger partial charge in [-0.1, -0.05) is 23.2 Å². The van der Waals surface area contributed by atoms with Gasteiger partial charge in [0.05, 0.1) is 12.1 Å². The highest BCUT2D eigenvalue weighted by Gasteiger charge is 2.23. The first kappa shape index (κ1) is 21.5. The number of hydrogen-bond donors (Lipinski definition) is 1. The van der Waals surface area contributed by atoms with Crippen molar-refractivity contribution in [3.05, 3.63) is 58.6 Å². The van der Waals surface area contributed by atoms with Crippen molar-refractivity contribution in [3.8, 4) is 0 Å². The molecule has 0 bridgehead atoms. The van der Waals surface area contributed by atoms with Gasteiger partial charge in [-0.05, 0) is 56.2 Å². The highest BCUT2D eigenvalue weighted by molar-refractivity contribution is 6.30. The Kier molecular flexibility index (Phi) is 6.66. The van der Waals surface area contributed by atoms with E-state index >= 15 is 0 Å². The number of aryl methyl sites for hydroxylation is 1. The summed E-state index contributed by atoms with van der Waals surface area (Å²) in [5.41, 5.74) is 3.77. The van der Waals surface area contributed by atoms with Gasteiger partial charge in [0.25, 0.3) is 5.91 Å². The lowest BCUT2D eigenvalue weighted by Gasteiger charge is -2.36. The minimum absolute atomic E-state index is 0.0210. The zero-order valence-electron chi connectivity index (χ0n) is 17.9. The van der Waals surface area contributed by atoms with Crippen molar-refractivity contribution in [2.75, 3.05) is 55.6 Å². The van der Waals surface area contributed by atoms with Gasteiger partial charge in [-0.15, -0.1) is 0 Å². The summed E-state index contributed by atoms with van der Waals surface area (Å²) in [5.74, 6) is -0.224. The Balaban J connectivity index is 1.32. The number of nitrogens with one attached hydrogen (secondary N) is 1. The highest BCUT2D eigenvalue weighted by atomic mass is 35.5. The fraction of sp³-hybridized carbons (Fsp3) is 0.417. The van der Waals surface area contributed by atoms with Crippen LogP contribution in [0.2, 0.25) is 5.02 Å². The smallest absolute Gasteiger partial charge is 0.253 e. The van der Waals surface area contributed by atoms with Crippen LogP contribution in [0.15, 0.2) is 42.5 Å². The van der Waals surface area contributed by atoms with Gasteiger partial charge in [-0.25, -0.2) is 0 Å². The number of hydrogen-bond acceptors (Lipinski definition) is 4. The second kappa shape index (κ2) is 9.60. The Bertz CT molecular complexity index is 933. The standard InChI is InChI=1S/C24H29ClN4O2/c1-18-4-9-22(28-10-2-3-11-28)21(16-18)24(31)26-17-23(30)29-14-12-27(13-15-29)20-7-5-19(25)6-8-20/h4-9,16H,2-3,10-15,17H2,1H3,(H,26,31). The fourth-order valence-electron chi connectivity index (χ4n) is 4.29. The number of rotatable bonds is 5. The van der Waals surface area contributed by atoms with Crippen molar-refractivity contribution in [1.82, 2.24) is 10.2 Å². The summed E-state index contributed by atoms with van der Waals surface area (Å²) < 4.78 is 0. The third kappa shape index (κ3) is 5.13. The van der Waals surface area contributed by atoms with E-state index < -0.39 is 0 Å². The molecule has 0 aromatic heterocycles. The Labute approximate surface area is 188 Å². The van der Waals surface area contributed by atoms with Crippen molar-refractivity contribution in [3.63, 3.8) is 0 Å². The maximum atomic E-state index is 12.9. The Morgan fingerprint density at radius 1 is 0.903 bits per heavy atom. The molecule has 0 aliphatic carbocycles. The SMILES string of the molecule is Cc1ccc(N2CCCC2)c(C(=O)NCC(=O)N2CCN(c3ccc(Cl)cc3)CC2)c1. The van der Waals surface area contributed by atoms with Crippen LogP contribution in [0.4, 0.5) is 11.4 Å². The van der Waals surface area contributed by atoms with Crippen LogP contribution in [0, 0.1) is 6.92 Å². The molecule has 2 aliphatic heterocycles. The maximum Gasteiger partial charge on any atom is 0.253 e. The van der Waals surface area contributed by atoms with Gasteiger partial charge in [0, 0.05) is 55.7 Å². The fourth-order valence-corrected chi connectivity index (χ4v) is 4.42. The molecule has 2 amide bonds. The van der Waals surface area contributed by atoms with Gasteiger partial charge in [0.2, 0.25) is 5.91 Å². The van der Waals surface area contributed by atoms with Crippen LogP contribution in [0.25, 0.3) is 0 Å². The number of carbonyl (C=O) groups is 2. The summed E-state index contributed by atoms with van der Waals surface area (Å²) in [6.07, 6.45) is 2.30. The summed E-state index contributed by atoms with van der Waals surface area (Å²) in [7, 11) is 0. The minimum Gasteiger partial charge on any atom is -0.371 e. The molecule has 0 spiro atoms. The Morgan fingerprint density at radius 2 is 1.58 bits per heavy atom. The van der Waals surface area contributed by atoms with E-state index in [0.717, 1.165) is 61.0 Å². The topological polar surface area (TPSA) is 55.9 Å². The molecule has 164 valence electrons. The van der Waals surface area contributed by atoms with Crippen LogP contribution < -0.4 is 15.1 Å². The van der Waals surface area contributed by atoms with Crippen molar-refractivity contribution in [2.45, 2.75) is 19.8 Å². The first-order valence-corrected chi connectivity index (χ1v) is 11.3. The van der Waals surface area contributed by atoms with E-state index in [4.69, 9.17) is 11.6 Å². The van der Waals surface area contributed by atoms with Crippen LogP contribution in [0.3, 0.4) is 0 Å². The molecule has 0 unspecified atom stereocenters. The van der Waals surface area contributed by atoms with Crippen molar-refractivity contribution < 1.29 is 9.59 Å². The number of amides is 2. The maximum absolute atomic E-state index is 12.9. The van der Waals surface area contributed by atoms with E-state index in [1.807, 2.05) is 54.3 Å². The van der Waals surface area contributed by atoms with Crippen LogP contribution >= 0.6 is 11.6 Å². The van der Waals surface area contributed by atoms with Gasteiger partial charge < -0.3 is 20.0 Å². The zero-order chi connectivity index (χ0) is 21.8. The predicted molar refractivity (Wildman–Crippen MR) is 125 cm³/mol. The molecule has 0 saturated carbocycles. The van der Waals surface area contributed by atoms with E-state index in [0.29, 0.717) is 18.7 Å². The first-order valence-electron chi connectivity index (χ1n) is 10.9. The summed E-state index contributed by atoms with van der Waals surface area (Å²) >= 11 is 5.97. The minimum atomic E-state index is -0.182. The molecular formula is C24H29ClN4O2. The molecule has 7 heteroatoms. The van der Waals surface area contributed by atoms with Crippen LogP contribution in [0.1, 0.15) is 28.8 Å². The molecule has 2 aliphatic rings. The predicted octanol–water partition coefficient (Wildman–Crippen LogP) is 3.33. The summed E-state index contributed by atoms with van der Waals surface area (Å²) in [5, 5.41) is 3.57.